The number of anilines is 1. The van der Waals surface area contributed by atoms with Crippen molar-refractivity contribution in [3.8, 4) is 5.75 Å². The topological polar surface area (TPSA) is 91.9 Å². The highest BCUT2D eigenvalue weighted by Crippen LogP contribution is 2.32. The fourth-order valence-electron chi connectivity index (χ4n) is 2.72. The first-order valence-electron chi connectivity index (χ1n) is 7.63. The lowest BCUT2D eigenvalue weighted by Crippen LogP contribution is -2.25. The monoisotopic (exact) mass is 419 g/mol. The number of fused-ring (bicyclic) bond motifs is 2. The van der Waals surface area contributed by atoms with E-state index >= 15 is 0 Å². The zero-order chi connectivity index (χ0) is 18.3. The van der Waals surface area contributed by atoms with E-state index in [0.29, 0.717) is 16.8 Å². The van der Waals surface area contributed by atoms with Crippen molar-refractivity contribution in [2.75, 3.05) is 11.9 Å². The third-order valence-electron chi connectivity index (χ3n) is 3.84. The Morgan fingerprint density at radius 3 is 2.93 bits per heavy atom. The van der Waals surface area contributed by atoms with Crippen molar-refractivity contribution in [2.24, 2.45) is 0 Å². The van der Waals surface area contributed by atoms with Gasteiger partial charge in [0.15, 0.2) is 10.8 Å². The molecule has 1 amide bonds. The van der Waals surface area contributed by atoms with E-state index in [1.54, 1.807) is 0 Å². The predicted molar refractivity (Wildman–Crippen MR) is 95.5 cm³/mol. The normalized spacial score (nSPS) is 13.7. The lowest BCUT2D eigenvalue weighted by molar-refractivity contribution is -0.274. The molecule has 3 N–H and O–H groups in total. The molecule has 0 fully saturated rings. The van der Waals surface area contributed by atoms with E-state index in [-0.39, 0.29) is 29.0 Å². The summed E-state index contributed by atoms with van der Waals surface area (Å²) in [6.07, 6.45) is -4.00. The van der Waals surface area contributed by atoms with Crippen molar-refractivity contribution < 1.29 is 22.7 Å². The summed E-state index contributed by atoms with van der Waals surface area (Å²) in [6.45, 7) is 1.36. The molecule has 0 unspecified atom stereocenters. The molecule has 0 atom stereocenters. The Bertz CT molecular complexity index is 988. The second-order valence-electron chi connectivity index (χ2n) is 5.61. The number of benzene rings is 1. The number of aromatic nitrogens is 3. The smallest absolute Gasteiger partial charge is 0.406 e. The van der Waals surface area contributed by atoms with Gasteiger partial charge in [0, 0.05) is 36.8 Å². The Kier molecular flexibility index (Phi) is 5.27. The maximum atomic E-state index is 12.5. The molecule has 0 saturated heterocycles. The summed E-state index contributed by atoms with van der Waals surface area (Å²) >= 11 is 1.06. The molecule has 12 heteroatoms. The number of carbonyl (C=O) groups is 1. The minimum atomic E-state index is -4.76. The number of rotatable bonds is 3. The Morgan fingerprint density at radius 2 is 2.15 bits per heavy atom. The summed E-state index contributed by atoms with van der Waals surface area (Å²) in [6, 6.07) is 3.82. The molecule has 1 aliphatic rings. The molecular formula is C15H13ClF3N5O2S. The van der Waals surface area contributed by atoms with Crippen LogP contribution in [-0.2, 0) is 13.0 Å². The lowest BCUT2D eigenvalue weighted by atomic mass is 10.1. The summed E-state index contributed by atoms with van der Waals surface area (Å²) in [4.78, 5) is 16.7. The predicted octanol–water partition coefficient (Wildman–Crippen LogP) is 3.24. The number of nitrogens with one attached hydrogen (secondary N) is 3. The number of amides is 1. The van der Waals surface area contributed by atoms with Crippen molar-refractivity contribution in [1.82, 2.24) is 20.5 Å². The number of halogens is 4. The molecule has 4 rings (SSSR count). The molecule has 0 aliphatic carbocycles. The van der Waals surface area contributed by atoms with Crippen LogP contribution in [0.5, 0.6) is 5.75 Å². The minimum absolute atomic E-state index is 0. The Morgan fingerprint density at radius 1 is 1.33 bits per heavy atom. The fourth-order valence-corrected chi connectivity index (χ4v) is 3.61. The van der Waals surface area contributed by atoms with Gasteiger partial charge in [0.1, 0.15) is 5.75 Å². The maximum Gasteiger partial charge on any atom is 0.573 e. The number of carbonyl (C=O) groups excluding carboxylic acids is 1. The number of ether oxygens (including phenoxy) is 1. The quantitative estimate of drug-likeness (QED) is 0.606. The number of hydrogen-bond donors (Lipinski definition) is 3. The molecule has 3 heterocycles. The van der Waals surface area contributed by atoms with Gasteiger partial charge in [-0.1, -0.05) is 11.3 Å². The standard InChI is InChI=1S/C15H12F3N5O2S.ClH/c16-15(17,18)25-7-1-2-10-11(5-7)26-14(20-10)21-13(24)12-8-6-19-4-3-9(8)22-23-12;/h1-2,5,19H,3-4,6H2,(H,22,23)(H,20,21,24);1H. The first kappa shape index (κ1) is 19.4. The third-order valence-corrected chi connectivity index (χ3v) is 4.77. The molecule has 1 aromatic carbocycles. The highest BCUT2D eigenvalue weighted by molar-refractivity contribution is 7.22. The van der Waals surface area contributed by atoms with Crippen LogP contribution in [0.1, 0.15) is 21.7 Å². The van der Waals surface area contributed by atoms with Crippen molar-refractivity contribution >= 4 is 45.0 Å². The Labute approximate surface area is 160 Å². The highest BCUT2D eigenvalue weighted by Gasteiger charge is 2.31. The van der Waals surface area contributed by atoms with Crippen molar-refractivity contribution in [3.63, 3.8) is 0 Å². The Hall–Kier alpha value is -2.37. The molecule has 7 nitrogen and oxygen atoms in total. The second-order valence-corrected chi connectivity index (χ2v) is 6.64. The largest absolute Gasteiger partial charge is 0.573 e. The molecule has 2 aromatic heterocycles. The molecule has 3 aromatic rings. The van der Waals surface area contributed by atoms with E-state index in [1.807, 2.05) is 0 Å². The zero-order valence-electron chi connectivity index (χ0n) is 13.5. The van der Waals surface area contributed by atoms with E-state index < -0.39 is 12.3 Å². The van der Waals surface area contributed by atoms with Crippen molar-refractivity contribution in [3.05, 3.63) is 35.2 Å². The SMILES string of the molecule is Cl.O=C(Nc1nc2ccc(OC(F)(F)F)cc2s1)c1n[nH]c2c1CNCC2. The van der Waals surface area contributed by atoms with E-state index in [1.165, 1.54) is 18.2 Å². The van der Waals surface area contributed by atoms with Crippen LogP contribution >= 0.6 is 23.7 Å². The number of alkyl halides is 3. The van der Waals surface area contributed by atoms with E-state index in [0.717, 1.165) is 35.6 Å². The van der Waals surface area contributed by atoms with Crippen molar-refractivity contribution in [2.45, 2.75) is 19.3 Å². The molecule has 1 aliphatic heterocycles. The lowest BCUT2D eigenvalue weighted by Gasteiger charge is -2.12. The van der Waals surface area contributed by atoms with Gasteiger partial charge in [-0.3, -0.25) is 15.2 Å². The summed E-state index contributed by atoms with van der Waals surface area (Å²) in [5.41, 5.74) is 2.49. The number of H-pyrrole nitrogens is 1. The molecular weight excluding hydrogens is 407 g/mol. The van der Waals surface area contributed by atoms with Crippen LogP contribution in [0.4, 0.5) is 18.3 Å². The van der Waals surface area contributed by atoms with Gasteiger partial charge >= 0.3 is 6.36 Å². The van der Waals surface area contributed by atoms with E-state index in [9.17, 15) is 18.0 Å². The van der Waals surface area contributed by atoms with Gasteiger partial charge in [0.05, 0.1) is 10.2 Å². The van der Waals surface area contributed by atoms with Gasteiger partial charge < -0.3 is 10.1 Å². The second kappa shape index (κ2) is 7.33. The van der Waals surface area contributed by atoms with E-state index in [2.05, 4.69) is 30.6 Å². The van der Waals surface area contributed by atoms with Gasteiger partial charge in [0.2, 0.25) is 0 Å². The van der Waals surface area contributed by atoms with Crippen molar-refractivity contribution in [1.29, 1.82) is 0 Å². The average molecular weight is 420 g/mol. The molecule has 0 bridgehead atoms. The van der Waals surface area contributed by atoms with Crippen LogP contribution in [0, 0.1) is 0 Å². The first-order chi connectivity index (χ1) is 12.4. The molecule has 0 saturated carbocycles. The highest BCUT2D eigenvalue weighted by atomic mass is 35.5. The molecule has 27 heavy (non-hydrogen) atoms. The molecule has 144 valence electrons. The van der Waals surface area contributed by atoms with Crippen LogP contribution in [0.15, 0.2) is 18.2 Å². The number of nitrogens with zero attached hydrogens (tertiary/aromatic N) is 2. The fraction of sp³-hybridized carbons (Fsp3) is 0.267. The van der Waals surface area contributed by atoms with Gasteiger partial charge in [-0.2, -0.15) is 5.10 Å². The number of aromatic amines is 1. The third kappa shape index (κ3) is 4.15. The van der Waals surface area contributed by atoms with Crippen LogP contribution in [0.2, 0.25) is 0 Å². The van der Waals surface area contributed by atoms with Crippen LogP contribution in [0.25, 0.3) is 10.2 Å². The van der Waals surface area contributed by atoms with Crippen LogP contribution < -0.4 is 15.4 Å². The zero-order valence-corrected chi connectivity index (χ0v) is 15.1. The molecule has 0 spiro atoms. The van der Waals surface area contributed by atoms with Crippen LogP contribution in [0.3, 0.4) is 0 Å². The summed E-state index contributed by atoms with van der Waals surface area (Å²) in [7, 11) is 0. The maximum absolute atomic E-state index is 12.5. The Balaban J connectivity index is 0.00000210. The van der Waals surface area contributed by atoms with Gasteiger partial charge in [-0.15, -0.1) is 25.6 Å². The van der Waals surface area contributed by atoms with Gasteiger partial charge in [-0.05, 0) is 12.1 Å². The average Bonchev–Trinajstić information content (AvgIpc) is 3.16. The summed E-state index contributed by atoms with van der Waals surface area (Å²) < 4.78 is 41.3. The summed E-state index contributed by atoms with van der Waals surface area (Å²) in [5.74, 6) is -0.754. The first-order valence-corrected chi connectivity index (χ1v) is 8.45. The van der Waals surface area contributed by atoms with Gasteiger partial charge in [-0.25, -0.2) is 4.98 Å². The summed E-state index contributed by atoms with van der Waals surface area (Å²) in [5, 5.41) is 13.0. The number of hydrogen-bond acceptors (Lipinski definition) is 6. The minimum Gasteiger partial charge on any atom is -0.406 e. The number of thiazole rings is 1. The molecule has 0 radical (unpaired) electrons. The van der Waals surface area contributed by atoms with Gasteiger partial charge in [0.25, 0.3) is 5.91 Å². The van der Waals surface area contributed by atoms with E-state index in [4.69, 9.17) is 0 Å². The van der Waals surface area contributed by atoms with Crippen LogP contribution in [-0.4, -0.2) is 34.0 Å².